The second kappa shape index (κ2) is 6.84. The molecule has 4 nitrogen and oxygen atoms in total. The minimum Gasteiger partial charge on any atom is -0.497 e. The van der Waals surface area contributed by atoms with E-state index in [1.807, 2.05) is 42.6 Å². The summed E-state index contributed by atoms with van der Waals surface area (Å²) in [7, 11) is 1.68. The molecule has 0 aliphatic heterocycles. The number of benzene rings is 2. The second-order valence-electron chi connectivity index (χ2n) is 6.23. The largest absolute Gasteiger partial charge is 0.497 e. The van der Waals surface area contributed by atoms with Crippen LogP contribution < -0.4 is 10.1 Å². The Morgan fingerprint density at radius 2 is 1.69 bits per heavy atom. The Labute approximate surface area is 152 Å². The third-order valence-corrected chi connectivity index (χ3v) is 4.27. The number of nitrogens with zero attached hydrogens (tertiary/aromatic N) is 2. The fraction of sp³-hybridized carbons (Fsp3) is 0.0909. The lowest BCUT2D eigenvalue weighted by molar-refractivity contribution is 0.414. The zero-order valence-electron chi connectivity index (χ0n) is 14.7. The molecule has 0 aliphatic rings. The summed E-state index contributed by atoms with van der Waals surface area (Å²) in [6.45, 7) is 2.05. The molecular weight excluding hydrogens is 322 g/mol. The van der Waals surface area contributed by atoms with Crippen LogP contribution in [0.4, 0.5) is 11.4 Å². The van der Waals surface area contributed by atoms with Gasteiger partial charge in [-0.3, -0.25) is 9.97 Å². The van der Waals surface area contributed by atoms with Gasteiger partial charge in [0.2, 0.25) is 0 Å². The van der Waals surface area contributed by atoms with Crippen molar-refractivity contribution in [2.75, 3.05) is 12.4 Å². The monoisotopic (exact) mass is 341 g/mol. The third-order valence-electron chi connectivity index (χ3n) is 4.27. The molecular formula is C22H19N3O. The molecule has 2 heterocycles. The number of methoxy groups -OCH3 is 1. The maximum atomic E-state index is 5.35. The molecule has 0 amide bonds. The lowest BCUT2D eigenvalue weighted by Crippen LogP contribution is -1.93. The average Bonchev–Trinajstić information content (AvgIpc) is 2.67. The van der Waals surface area contributed by atoms with Crippen LogP contribution in [-0.4, -0.2) is 17.1 Å². The molecule has 1 N–H and O–H groups in total. The second-order valence-corrected chi connectivity index (χ2v) is 6.23. The summed E-state index contributed by atoms with van der Waals surface area (Å²) in [4.78, 5) is 8.65. The normalized spacial score (nSPS) is 10.7. The molecule has 2 aromatic carbocycles. The molecule has 0 radical (unpaired) electrons. The standard InChI is InChI=1S/C22H19N3O/c1-15-9-20(13-21(10-15)26-2)25-19-3-4-22-17(12-19)11-18(14-24-22)16-5-7-23-8-6-16/h3-14,25H,1-2H3. The number of rotatable bonds is 4. The Morgan fingerprint density at radius 1 is 0.846 bits per heavy atom. The maximum Gasteiger partial charge on any atom is 0.121 e. The van der Waals surface area contributed by atoms with Crippen molar-refractivity contribution in [3.05, 3.63) is 78.8 Å². The number of aromatic nitrogens is 2. The van der Waals surface area contributed by atoms with Crippen molar-refractivity contribution in [1.29, 1.82) is 0 Å². The minimum absolute atomic E-state index is 0.843. The molecule has 0 bridgehead atoms. The van der Waals surface area contributed by atoms with Gasteiger partial charge >= 0.3 is 0 Å². The van der Waals surface area contributed by atoms with Crippen LogP contribution in [-0.2, 0) is 0 Å². The van der Waals surface area contributed by atoms with Crippen molar-refractivity contribution in [3.63, 3.8) is 0 Å². The van der Waals surface area contributed by atoms with E-state index >= 15 is 0 Å². The van der Waals surface area contributed by atoms with Gasteiger partial charge in [-0.05, 0) is 66.6 Å². The first-order valence-corrected chi connectivity index (χ1v) is 8.44. The predicted molar refractivity (Wildman–Crippen MR) is 106 cm³/mol. The first-order valence-electron chi connectivity index (χ1n) is 8.44. The van der Waals surface area contributed by atoms with Gasteiger partial charge in [0.1, 0.15) is 5.75 Å². The number of fused-ring (bicyclic) bond motifs is 1. The number of nitrogens with one attached hydrogen (secondary N) is 1. The Bertz CT molecular complexity index is 1060. The first-order chi connectivity index (χ1) is 12.7. The fourth-order valence-corrected chi connectivity index (χ4v) is 3.02. The highest BCUT2D eigenvalue weighted by Crippen LogP contribution is 2.27. The van der Waals surface area contributed by atoms with E-state index in [-0.39, 0.29) is 0 Å². The number of ether oxygens (including phenoxy) is 1. The van der Waals surface area contributed by atoms with E-state index in [2.05, 4.69) is 40.4 Å². The smallest absolute Gasteiger partial charge is 0.121 e. The number of anilines is 2. The molecule has 4 rings (SSSR count). The van der Waals surface area contributed by atoms with Crippen molar-refractivity contribution in [2.24, 2.45) is 0 Å². The van der Waals surface area contributed by atoms with Crippen molar-refractivity contribution >= 4 is 22.3 Å². The van der Waals surface area contributed by atoms with Crippen molar-refractivity contribution in [2.45, 2.75) is 6.92 Å². The molecule has 0 atom stereocenters. The molecule has 0 spiro atoms. The van der Waals surface area contributed by atoms with E-state index in [1.54, 1.807) is 19.5 Å². The highest BCUT2D eigenvalue weighted by Gasteiger charge is 2.04. The molecule has 0 saturated carbocycles. The van der Waals surface area contributed by atoms with Gasteiger partial charge in [-0.25, -0.2) is 0 Å². The molecule has 0 aliphatic carbocycles. The van der Waals surface area contributed by atoms with E-state index < -0.39 is 0 Å². The van der Waals surface area contributed by atoms with Gasteiger partial charge in [-0.1, -0.05) is 0 Å². The number of pyridine rings is 2. The van der Waals surface area contributed by atoms with E-state index in [9.17, 15) is 0 Å². The molecule has 128 valence electrons. The lowest BCUT2D eigenvalue weighted by Gasteiger charge is -2.11. The SMILES string of the molecule is COc1cc(C)cc(Nc2ccc3ncc(-c4ccncc4)cc3c2)c1. The lowest BCUT2D eigenvalue weighted by atomic mass is 10.1. The van der Waals surface area contributed by atoms with Crippen molar-refractivity contribution in [1.82, 2.24) is 9.97 Å². The van der Waals surface area contributed by atoms with Gasteiger partial charge in [0, 0.05) is 47.0 Å². The summed E-state index contributed by atoms with van der Waals surface area (Å²) in [5.74, 6) is 0.843. The Morgan fingerprint density at radius 3 is 2.50 bits per heavy atom. The van der Waals surface area contributed by atoms with Gasteiger partial charge in [0.15, 0.2) is 0 Å². The zero-order chi connectivity index (χ0) is 17.9. The molecule has 4 aromatic rings. The summed E-state index contributed by atoms with van der Waals surface area (Å²) in [6.07, 6.45) is 5.49. The maximum absolute atomic E-state index is 5.35. The average molecular weight is 341 g/mol. The van der Waals surface area contributed by atoms with Crippen LogP contribution in [0.15, 0.2) is 73.2 Å². The van der Waals surface area contributed by atoms with Crippen LogP contribution >= 0.6 is 0 Å². The van der Waals surface area contributed by atoms with Gasteiger partial charge in [0.05, 0.1) is 12.6 Å². The fourth-order valence-electron chi connectivity index (χ4n) is 3.02. The Kier molecular flexibility index (Phi) is 4.23. The van der Waals surface area contributed by atoms with E-state index in [0.29, 0.717) is 0 Å². The summed E-state index contributed by atoms with van der Waals surface area (Å²) in [6, 6.07) is 18.4. The molecule has 0 fully saturated rings. The van der Waals surface area contributed by atoms with E-state index in [1.165, 1.54) is 0 Å². The van der Waals surface area contributed by atoms with Gasteiger partial charge in [-0.2, -0.15) is 0 Å². The molecule has 0 unspecified atom stereocenters. The van der Waals surface area contributed by atoms with Crippen LogP contribution in [0, 0.1) is 6.92 Å². The van der Waals surface area contributed by atoms with Gasteiger partial charge in [-0.15, -0.1) is 0 Å². The zero-order valence-corrected chi connectivity index (χ0v) is 14.7. The minimum atomic E-state index is 0.843. The topological polar surface area (TPSA) is 47.0 Å². The Hall–Kier alpha value is -3.40. The van der Waals surface area contributed by atoms with Gasteiger partial charge < -0.3 is 10.1 Å². The predicted octanol–water partition coefficient (Wildman–Crippen LogP) is 5.36. The molecule has 4 heteroatoms. The summed E-state index contributed by atoms with van der Waals surface area (Å²) < 4.78 is 5.35. The molecule has 26 heavy (non-hydrogen) atoms. The van der Waals surface area contributed by atoms with Crippen molar-refractivity contribution < 1.29 is 4.74 Å². The molecule has 2 aromatic heterocycles. The van der Waals surface area contributed by atoms with E-state index in [4.69, 9.17) is 4.74 Å². The highest BCUT2D eigenvalue weighted by molar-refractivity contribution is 5.87. The first kappa shape index (κ1) is 16.1. The molecule has 0 saturated heterocycles. The van der Waals surface area contributed by atoms with Crippen LogP contribution in [0.3, 0.4) is 0 Å². The number of hydrogen-bond donors (Lipinski definition) is 1. The van der Waals surface area contributed by atoms with Crippen molar-refractivity contribution in [3.8, 4) is 16.9 Å². The summed E-state index contributed by atoms with van der Waals surface area (Å²) >= 11 is 0. The number of aryl methyl sites for hydroxylation is 1. The summed E-state index contributed by atoms with van der Waals surface area (Å²) in [5, 5.41) is 4.54. The van der Waals surface area contributed by atoms with Gasteiger partial charge in [0.25, 0.3) is 0 Å². The third kappa shape index (κ3) is 3.35. The quantitative estimate of drug-likeness (QED) is 0.543. The van der Waals surface area contributed by atoms with Crippen LogP contribution in [0.25, 0.3) is 22.0 Å². The van der Waals surface area contributed by atoms with Crippen LogP contribution in [0.2, 0.25) is 0 Å². The summed E-state index contributed by atoms with van der Waals surface area (Å²) in [5.41, 5.74) is 6.31. The Balaban J connectivity index is 1.69. The number of hydrogen-bond acceptors (Lipinski definition) is 4. The highest BCUT2D eigenvalue weighted by atomic mass is 16.5. The van der Waals surface area contributed by atoms with Crippen LogP contribution in [0.1, 0.15) is 5.56 Å². The van der Waals surface area contributed by atoms with E-state index in [0.717, 1.165) is 44.7 Å². The van der Waals surface area contributed by atoms with Crippen LogP contribution in [0.5, 0.6) is 5.75 Å².